The maximum absolute atomic E-state index is 12.3. The minimum absolute atomic E-state index is 0.286. The molecule has 1 aliphatic heterocycles. The number of carbonyl (C=O) groups is 1. The molecule has 1 unspecified atom stereocenters. The van der Waals surface area contributed by atoms with Crippen molar-refractivity contribution < 1.29 is 4.79 Å². The quantitative estimate of drug-likeness (QED) is 0.103. The lowest BCUT2D eigenvalue weighted by Crippen LogP contribution is -2.27. The van der Waals surface area contributed by atoms with Crippen LogP contribution in [0.25, 0.3) is 11.6 Å². The lowest BCUT2D eigenvalue weighted by Gasteiger charge is -2.30. The summed E-state index contributed by atoms with van der Waals surface area (Å²) >= 11 is 0. The molecule has 44 heavy (non-hydrogen) atoms. The molecule has 3 heteroatoms. The molecule has 0 amide bonds. The Morgan fingerprint density at radius 2 is 1.84 bits per heavy atom. The smallest absolute Gasteiger partial charge is 0.158 e. The van der Waals surface area contributed by atoms with E-state index < -0.39 is 0 Å². The number of hydrogen-bond donors (Lipinski definition) is 0. The Hall–Kier alpha value is -3.46. The summed E-state index contributed by atoms with van der Waals surface area (Å²) in [4.78, 5) is 19.4. The highest BCUT2D eigenvalue weighted by molar-refractivity contribution is 5.93. The van der Waals surface area contributed by atoms with Crippen molar-refractivity contribution in [3.63, 3.8) is 0 Å². The topological polar surface area (TPSA) is 32.7 Å². The standard InChI is InChI=1S/C41H54N2O/c1-6-12-34(8-3)32(5)13-10-9-11-14-33-15-17-35(18-16-33)37-21-22-38-30-42-25-23-40(39(38)29-37)43(26-7-2)27-24-31(4)28-41(44)36-19-20-36/h11,13-18,21,23,25,28-30,34,36H,6-10,12,19-20,22,24,26-27H2,1-5H3/b14-11+,31-28+,32-13-. The van der Waals surface area contributed by atoms with Gasteiger partial charge in [-0.15, -0.1) is 0 Å². The van der Waals surface area contributed by atoms with Gasteiger partial charge >= 0.3 is 0 Å². The van der Waals surface area contributed by atoms with Crippen molar-refractivity contribution in [3.8, 4) is 0 Å². The first-order valence-corrected chi connectivity index (χ1v) is 17.2. The third-order valence-corrected chi connectivity index (χ3v) is 9.12. The largest absolute Gasteiger partial charge is 0.371 e. The number of ketones is 1. The van der Waals surface area contributed by atoms with Crippen molar-refractivity contribution >= 4 is 23.6 Å². The number of unbranched alkanes of at least 4 members (excludes halogenated alkanes) is 1. The number of aliphatic imine (C=N–C) groups is 1. The van der Waals surface area contributed by atoms with Gasteiger partial charge in [-0.05, 0) is 118 Å². The number of carbonyl (C=O) groups excluding carboxylic acids is 1. The number of hydrogen-bond acceptors (Lipinski definition) is 3. The lowest BCUT2D eigenvalue weighted by molar-refractivity contribution is -0.115. The van der Waals surface area contributed by atoms with Crippen molar-refractivity contribution in [2.75, 3.05) is 13.1 Å². The van der Waals surface area contributed by atoms with Crippen LogP contribution < -0.4 is 0 Å². The summed E-state index contributed by atoms with van der Waals surface area (Å²) in [6.45, 7) is 13.1. The van der Waals surface area contributed by atoms with Gasteiger partial charge in [-0.2, -0.15) is 0 Å². The number of rotatable bonds is 17. The Labute approximate surface area is 267 Å². The van der Waals surface area contributed by atoms with Gasteiger partial charge in [-0.3, -0.25) is 9.79 Å². The van der Waals surface area contributed by atoms with Crippen LogP contribution in [-0.4, -0.2) is 30.0 Å². The Bertz CT molecular complexity index is 1370. The van der Waals surface area contributed by atoms with E-state index in [9.17, 15) is 4.79 Å². The summed E-state index contributed by atoms with van der Waals surface area (Å²) in [7, 11) is 0. The first-order valence-electron chi connectivity index (χ1n) is 17.2. The van der Waals surface area contributed by atoms with Crippen LogP contribution in [0.15, 0.2) is 99.9 Å². The predicted octanol–water partition coefficient (Wildman–Crippen LogP) is 10.8. The van der Waals surface area contributed by atoms with E-state index in [4.69, 9.17) is 0 Å². The minimum atomic E-state index is 0.286. The summed E-state index contributed by atoms with van der Waals surface area (Å²) in [6, 6.07) is 8.98. The van der Waals surface area contributed by atoms with E-state index in [0.29, 0.717) is 5.78 Å². The molecule has 0 aromatic heterocycles. The number of allylic oxidation sites excluding steroid dienone is 9. The zero-order valence-electron chi connectivity index (χ0n) is 27.9. The number of nitrogens with zero attached hydrogens (tertiary/aromatic N) is 2. The van der Waals surface area contributed by atoms with Crippen molar-refractivity contribution in [2.24, 2.45) is 16.8 Å². The van der Waals surface area contributed by atoms with Crippen molar-refractivity contribution in [1.82, 2.24) is 4.90 Å². The average Bonchev–Trinajstić information content (AvgIpc) is 3.90. The van der Waals surface area contributed by atoms with E-state index in [-0.39, 0.29) is 5.92 Å². The molecule has 1 aromatic rings. The van der Waals surface area contributed by atoms with Gasteiger partial charge in [0.25, 0.3) is 0 Å². The Kier molecular flexibility index (Phi) is 13.0. The molecule has 3 aliphatic rings. The van der Waals surface area contributed by atoms with Crippen molar-refractivity contribution in [3.05, 3.63) is 106 Å². The highest BCUT2D eigenvalue weighted by atomic mass is 16.1. The molecule has 1 heterocycles. The molecular formula is C41H54N2O. The molecule has 3 nitrogen and oxygen atoms in total. The minimum Gasteiger partial charge on any atom is -0.371 e. The van der Waals surface area contributed by atoms with E-state index in [1.807, 2.05) is 18.5 Å². The van der Waals surface area contributed by atoms with E-state index in [2.05, 4.69) is 105 Å². The molecule has 1 saturated carbocycles. The van der Waals surface area contributed by atoms with Crippen LogP contribution >= 0.6 is 0 Å². The zero-order chi connectivity index (χ0) is 31.3. The third-order valence-electron chi connectivity index (χ3n) is 9.12. The maximum Gasteiger partial charge on any atom is 0.158 e. The molecule has 0 radical (unpaired) electrons. The second-order valence-electron chi connectivity index (χ2n) is 12.8. The van der Waals surface area contributed by atoms with E-state index in [1.54, 1.807) is 5.57 Å². The molecule has 1 aromatic carbocycles. The highest BCUT2D eigenvalue weighted by Gasteiger charge is 2.28. The Morgan fingerprint density at radius 3 is 2.55 bits per heavy atom. The van der Waals surface area contributed by atoms with Crippen molar-refractivity contribution in [2.45, 2.75) is 98.8 Å². The Morgan fingerprint density at radius 1 is 1.05 bits per heavy atom. The van der Waals surface area contributed by atoms with Crippen LogP contribution in [0.2, 0.25) is 0 Å². The van der Waals surface area contributed by atoms with Gasteiger partial charge in [-0.25, -0.2) is 0 Å². The monoisotopic (exact) mass is 590 g/mol. The summed E-state index contributed by atoms with van der Waals surface area (Å²) in [5.41, 5.74) is 10.3. The van der Waals surface area contributed by atoms with Gasteiger partial charge in [0.15, 0.2) is 5.78 Å². The van der Waals surface area contributed by atoms with Gasteiger partial charge in [0.1, 0.15) is 0 Å². The average molecular weight is 591 g/mol. The van der Waals surface area contributed by atoms with Gasteiger partial charge in [-0.1, -0.05) is 86.9 Å². The number of benzene rings is 1. The lowest BCUT2D eigenvalue weighted by atomic mass is 9.88. The zero-order valence-corrected chi connectivity index (χ0v) is 27.9. The molecule has 2 aliphatic carbocycles. The fourth-order valence-electron chi connectivity index (χ4n) is 6.23. The SMILES string of the molecule is CCCC(CC)/C(C)=C\CC/C=C/c1ccc(C2=CCC3=CN=CC=C(N(CCC)CC/C(C)=C/C(=O)C4CC4)C3=C2)cc1. The van der Waals surface area contributed by atoms with Gasteiger partial charge in [0, 0.05) is 42.7 Å². The van der Waals surface area contributed by atoms with Crippen molar-refractivity contribution in [1.29, 1.82) is 0 Å². The Balaban J connectivity index is 1.41. The van der Waals surface area contributed by atoms with Crippen LogP contribution in [0.3, 0.4) is 0 Å². The molecule has 4 rings (SSSR count). The van der Waals surface area contributed by atoms with E-state index in [0.717, 1.165) is 64.0 Å². The highest BCUT2D eigenvalue weighted by Crippen LogP contribution is 2.36. The van der Waals surface area contributed by atoms with Gasteiger partial charge < -0.3 is 4.90 Å². The molecule has 0 saturated heterocycles. The molecular weight excluding hydrogens is 536 g/mol. The maximum atomic E-state index is 12.3. The fourth-order valence-corrected chi connectivity index (χ4v) is 6.23. The fraction of sp³-hybridized carbons (Fsp3) is 0.463. The van der Waals surface area contributed by atoms with E-state index in [1.165, 1.54) is 58.4 Å². The molecule has 1 atom stereocenters. The predicted molar refractivity (Wildman–Crippen MR) is 190 cm³/mol. The van der Waals surface area contributed by atoms with Crippen LogP contribution in [-0.2, 0) is 4.79 Å². The van der Waals surface area contributed by atoms with Gasteiger partial charge in [0.2, 0.25) is 0 Å². The molecule has 0 bridgehead atoms. The normalized spacial score (nSPS) is 17.8. The second kappa shape index (κ2) is 17.1. The van der Waals surface area contributed by atoms with Gasteiger partial charge in [0.05, 0.1) is 0 Å². The summed E-state index contributed by atoms with van der Waals surface area (Å²) in [5, 5.41) is 0. The first-order chi connectivity index (χ1) is 21.4. The summed E-state index contributed by atoms with van der Waals surface area (Å²) < 4.78 is 0. The second-order valence-corrected chi connectivity index (χ2v) is 12.8. The first kappa shape index (κ1) is 33.4. The van der Waals surface area contributed by atoms with Crippen LogP contribution in [0.4, 0.5) is 0 Å². The van der Waals surface area contributed by atoms with E-state index >= 15 is 0 Å². The third kappa shape index (κ3) is 9.78. The summed E-state index contributed by atoms with van der Waals surface area (Å²) in [5.74, 6) is 1.35. The summed E-state index contributed by atoms with van der Waals surface area (Å²) in [6.07, 6.45) is 30.6. The molecule has 1 fully saturated rings. The van der Waals surface area contributed by atoms with Crippen LogP contribution in [0.5, 0.6) is 0 Å². The van der Waals surface area contributed by atoms with Crippen LogP contribution in [0.1, 0.15) is 110 Å². The molecule has 0 spiro atoms. The number of fused-ring (bicyclic) bond motifs is 1. The molecule has 234 valence electrons. The van der Waals surface area contributed by atoms with Crippen LogP contribution in [0, 0.1) is 11.8 Å². The molecule has 0 N–H and O–H groups in total.